The van der Waals surface area contributed by atoms with Gasteiger partial charge in [0.1, 0.15) is 5.82 Å². The predicted molar refractivity (Wildman–Crippen MR) is 119 cm³/mol. The molecule has 1 saturated heterocycles. The molecule has 0 spiro atoms. The Hall–Kier alpha value is -3.09. The maximum absolute atomic E-state index is 14.0. The van der Waals surface area contributed by atoms with Gasteiger partial charge < -0.3 is 20.4 Å². The van der Waals surface area contributed by atoms with Crippen molar-refractivity contribution in [2.75, 3.05) is 44.7 Å². The zero-order valence-corrected chi connectivity index (χ0v) is 17.7. The first kappa shape index (κ1) is 21.6. The lowest BCUT2D eigenvalue weighted by atomic mass is 10.1. The fourth-order valence-corrected chi connectivity index (χ4v) is 3.54. The number of aliphatic imine (C=N–C) groups is 1. The molecule has 0 radical (unpaired) electrons. The van der Waals surface area contributed by atoms with E-state index in [2.05, 4.69) is 25.4 Å². The molecule has 0 bridgehead atoms. The molecule has 0 aliphatic carbocycles. The maximum atomic E-state index is 14.0. The number of para-hydroxylation sites is 1. The minimum Gasteiger partial charge on any atom is -0.366 e. The number of nitrogens with one attached hydrogen (secondary N) is 2. The van der Waals surface area contributed by atoms with Crippen molar-refractivity contribution in [2.24, 2.45) is 4.99 Å². The van der Waals surface area contributed by atoms with Crippen molar-refractivity contribution in [1.82, 2.24) is 15.5 Å². The Kier molecular flexibility index (Phi) is 7.65. The number of benzene rings is 2. The number of guanidine groups is 1. The monoisotopic (exact) mass is 411 g/mol. The van der Waals surface area contributed by atoms with Crippen molar-refractivity contribution in [3.63, 3.8) is 0 Å². The average Bonchev–Trinajstić information content (AvgIpc) is 2.79. The summed E-state index contributed by atoms with van der Waals surface area (Å²) in [6, 6.07) is 14.5. The van der Waals surface area contributed by atoms with Crippen LogP contribution in [0.15, 0.2) is 53.5 Å². The summed E-state index contributed by atoms with van der Waals surface area (Å²) in [5, 5.41) is 6.28. The van der Waals surface area contributed by atoms with Gasteiger partial charge in [-0.2, -0.15) is 0 Å². The van der Waals surface area contributed by atoms with Crippen LogP contribution in [-0.4, -0.2) is 56.5 Å². The van der Waals surface area contributed by atoms with E-state index in [1.54, 1.807) is 13.1 Å². The highest BCUT2D eigenvalue weighted by atomic mass is 19.1. The van der Waals surface area contributed by atoms with E-state index in [4.69, 9.17) is 0 Å². The lowest BCUT2D eigenvalue weighted by Crippen LogP contribution is -2.52. The van der Waals surface area contributed by atoms with Crippen molar-refractivity contribution in [1.29, 1.82) is 0 Å². The topological polar surface area (TPSA) is 60.0 Å². The van der Waals surface area contributed by atoms with Crippen LogP contribution in [0.25, 0.3) is 0 Å². The molecule has 1 fully saturated rings. The number of nitrogens with zero attached hydrogens (tertiary/aromatic N) is 3. The van der Waals surface area contributed by atoms with Crippen LogP contribution >= 0.6 is 0 Å². The summed E-state index contributed by atoms with van der Waals surface area (Å²) in [5.74, 6) is 0.577. The van der Waals surface area contributed by atoms with Gasteiger partial charge in [-0.05, 0) is 36.2 Å². The first-order chi connectivity index (χ1) is 14.6. The highest BCUT2D eigenvalue weighted by Gasteiger charge is 2.21. The molecule has 0 atom stereocenters. The molecule has 0 aromatic heterocycles. The fraction of sp³-hybridized carbons (Fsp3) is 0.391. The molecule has 1 aliphatic heterocycles. The Balaban J connectivity index is 1.54. The van der Waals surface area contributed by atoms with Crippen LogP contribution in [0.5, 0.6) is 0 Å². The summed E-state index contributed by atoms with van der Waals surface area (Å²) < 4.78 is 14.0. The number of hydrogen-bond acceptors (Lipinski definition) is 3. The van der Waals surface area contributed by atoms with E-state index in [-0.39, 0.29) is 11.7 Å². The smallest absolute Gasteiger partial charge is 0.251 e. The number of carbonyl (C=O) groups excluding carboxylic acids is 1. The Morgan fingerprint density at radius 2 is 1.83 bits per heavy atom. The quantitative estimate of drug-likeness (QED) is 0.567. The van der Waals surface area contributed by atoms with E-state index in [9.17, 15) is 9.18 Å². The van der Waals surface area contributed by atoms with Gasteiger partial charge in [0.25, 0.3) is 5.91 Å². The first-order valence-electron chi connectivity index (χ1n) is 10.4. The van der Waals surface area contributed by atoms with Gasteiger partial charge in [0.05, 0.1) is 5.69 Å². The van der Waals surface area contributed by atoms with E-state index < -0.39 is 0 Å². The predicted octanol–water partition coefficient (Wildman–Crippen LogP) is 2.86. The molecule has 30 heavy (non-hydrogen) atoms. The fourth-order valence-electron chi connectivity index (χ4n) is 3.54. The normalized spacial score (nSPS) is 14.6. The van der Waals surface area contributed by atoms with Gasteiger partial charge in [0.15, 0.2) is 5.96 Å². The van der Waals surface area contributed by atoms with Gasteiger partial charge in [-0.1, -0.05) is 31.2 Å². The molecule has 2 aromatic rings. The molecular formula is C23H30FN5O. The first-order valence-corrected chi connectivity index (χ1v) is 10.4. The van der Waals surface area contributed by atoms with Gasteiger partial charge >= 0.3 is 0 Å². The van der Waals surface area contributed by atoms with Crippen LogP contribution in [0, 0.1) is 5.82 Å². The van der Waals surface area contributed by atoms with Crippen molar-refractivity contribution < 1.29 is 9.18 Å². The molecule has 0 unspecified atom stereocenters. The summed E-state index contributed by atoms with van der Waals surface area (Å²) in [5.41, 5.74) is 2.33. The molecule has 1 amide bonds. The van der Waals surface area contributed by atoms with Crippen LogP contribution in [0.1, 0.15) is 29.3 Å². The lowest BCUT2D eigenvalue weighted by molar-refractivity contribution is 0.0953. The summed E-state index contributed by atoms with van der Waals surface area (Å²) in [6.45, 7) is 6.26. The minimum atomic E-state index is -0.184. The highest BCUT2D eigenvalue weighted by Crippen LogP contribution is 2.20. The molecule has 2 aromatic carbocycles. The van der Waals surface area contributed by atoms with Gasteiger partial charge in [-0.3, -0.25) is 9.79 Å². The van der Waals surface area contributed by atoms with E-state index >= 15 is 0 Å². The number of rotatable bonds is 6. The number of anilines is 1. The Bertz CT molecular complexity index is 877. The molecular weight excluding hydrogens is 381 g/mol. The molecule has 1 heterocycles. The van der Waals surface area contributed by atoms with Crippen LogP contribution < -0.4 is 15.5 Å². The number of piperazine rings is 1. The summed E-state index contributed by atoms with van der Waals surface area (Å²) in [6.07, 6.45) is 0.910. The largest absolute Gasteiger partial charge is 0.366 e. The van der Waals surface area contributed by atoms with Crippen LogP contribution in [0.4, 0.5) is 10.1 Å². The number of halogens is 1. The maximum Gasteiger partial charge on any atom is 0.251 e. The van der Waals surface area contributed by atoms with Gasteiger partial charge in [0, 0.05) is 51.9 Å². The zero-order chi connectivity index (χ0) is 21.3. The molecule has 7 heteroatoms. The molecule has 6 nitrogen and oxygen atoms in total. The zero-order valence-electron chi connectivity index (χ0n) is 17.7. The molecule has 3 rings (SSSR count). The van der Waals surface area contributed by atoms with Crippen molar-refractivity contribution in [2.45, 2.75) is 19.9 Å². The number of carbonyl (C=O) groups is 1. The van der Waals surface area contributed by atoms with E-state index in [1.165, 1.54) is 6.07 Å². The standard InChI is InChI=1S/C23H30FN5O/c1-3-11-26-22(30)19-8-6-7-18(16-19)17-27-23(25-2)29-14-12-28(13-15-29)21-10-5-4-9-20(21)24/h4-10,16H,3,11-15,17H2,1-2H3,(H,25,27)(H,26,30). The van der Waals surface area contributed by atoms with Gasteiger partial charge in [-0.25, -0.2) is 4.39 Å². The van der Waals surface area contributed by atoms with Crippen molar-refractivity contribution in [3.8, 4) is 0 Å². The third-order valence-corrected chi connectivity index (χ3v) is 5.16. The van der Waals surface area contributed by atoms with E-state index in [0.29, 0.717) is 24.3 Å². The number of hydrogen-bond donors (Lipinski definition) is 2. The second kappa shape index (κ2) is 10.6. The van der Waals surface area contributed by atoms with E-state index in [0.717, 1.165) is 44.1 Å². The van der Waals surface area contributed by atoms with Crippen LogP contribution in [-0.2, 0) is 6.54 Å². The van der Waals surface area contributed by atoms with E-state index in [1.807, 2.05) is 43.3 Å². The molecule has 1 aliphatic rings. The van der Waals surface area contributed by atoms with Gasteiger partial charge in [0.2, 0.25) is 0 Å². The van der Waals surface area contributed by atoms with Crippen molar-refractivity contribution in [3.05, 3.63) is 65.5 Å². The Morgan fingerprint density at radius 3 is 2.53 bits per heavy atom. The molecule has 2 N–H and O–H groups in total. The molecule has 160 valence electrons. The van der Waals surface area contributed by atoms with Gasteiger partial charge in [-0.15, -0.1) is 0 Å². The van der Waals surface area contributed by atoms with Crippen LogP contribution in [0.2, 0.25) is 0 Å². The summed E-state index contributed by atoms with van der Waals surface area (Å²) in [4.78, 5) is 20.8. The van der Waals surface area contributed by atoms with Crippen LogP contribution in [0.3, 0.4) is 0 Å². The SMILES string of the molecule is CCCNC(=O)c1cccc(CNC(=NC)N2CCN(c3ccccc3F)CC2)c1. The van der Waals surface area contributed by atoms with Crippen molar-refractivity contribution >= 4 is 17.6 Å². The number of amides is 1. The second-order valence-corrected chi connectivity index (χ2v) is 7.28. The Labute approximate surface area is 177 Å². The molecule has 0 saturated carbocycles. The highest BCUT2D eigenvalue weighted by molar-refractivity contribution is 5.94. The second-order valence-electron chi connectivity index (χ2n) is 7.28. The average molecular weight is 412 g/mol. The third kappa shape index (κ3) is 5.49. The Morgan fingerprint density at radius 1 is 1.07 bits per heavy atom. The third-order valence-electron chi connectivity index (χ3n) is 5.16. The lowest BCUT2D eigenvalue weighted by Gasteiger charge is -2.37. The summed E-state index contributed by atoms with van der Waals surface area (Å²) in [7, 11) is 1.76. The summed E-state index contributed by atoms with van der Waals surface area (Å²) >= 11 is 0. The minimum absolute atomic E-state index is 0.0488.